The van der Waals surface area contributed by atoms with E-state index in [1.54, 1.807) is 0 Å². The number of hydrogen-bond donors (Lipinski definition) is 3. The molecule has 1 aromatic carbocycles. The number of anilines is 1. The summed E-state index contributed by atoms with van der Waals surface area (Å²) in [4.78, 5) is 11.9. The van der Waals surface area contributed by atoms with Crippen LogP contribution in [-0.2, 0) is 0 Å². The van der Waals surface area contributed by atoms with Crippen molar-refractivity contribution in [2.24, 2.45) is 11.7 Å². The van der Waals surface area contributed by atoms with Gasteiger partial charge in [0, 0.05) is 17.8 Å². The van der Waals surface area contributed by atoms with Crippen LogP contribution in [0.4, 0.5) is 10.5 Å². The van der Waals surface area contributed by atoms with Gasteiger partial charge in [-0.3, -0.25) is 0 Å². The first-order valence-corrected chi connectivity index (χ1v) is 7.40. The number of amides is 2. The van der Waals surface area contributed by atoms with E-state index in [2.05, 4.69) is 31.4 Å². The van der Waals surface area contributed by atoms with Gasteiger partial charge in [-0.05, 0) is 37.5 Å². The molecule has 4 heteroatoms. The molecule has 0 radical (unpaired) electrons. The molecule has 0 heterocycles. The largest absolute Gasteiger partial charge is 0.335 e. The first-order valence-electron chi connectivity index (χ1n) is 7.40. The molecule has 0 aliphatic carbocycles. The lowest BCUT2D eigenvalue weighted by molar-refractivity contribution is 0.243. The number of nitrogens with two attached hydrogens (primary N) is 1. The molecule has 1 aromatic rings. The number of carbonyl (C=O) groups excluding carboxylic acids is 1. The lowest BCUT2D eigenvalue weighted by atomic mass is 9.96. The van der Waals surface area contributed by atoms with E-state index >= 15 is 0 Å². The van der Waals surface area contributed by atoms with E-state index in [1.165, 1.54) is 0 Å². The Bertz CT molecular complexity index is 410. The molecule has 2 atom stereocenters. The van der Waals surface area contributed by atoms with E-state index in [-0.39, 0.29) is 18.1 Å². The maximum Gasteiger partial charge on any atom is 0.319 e. The van der Waals surface area contributed by atoms with Gasteiger partial charge in [0.1, 0.15) is 0 Å². The molecule has 0 aliphatic rings. The number of hydrogen-bond acceptors (Lipinski definition) is 2. The summed E-state index contributed by atoms with van der Waals surface area (Å²) in [6, 6.07) is 7.65. The third-order valence-corrected chi connectivity index (χ3v) is 3.81. The Labute approximate surface area is 122 Å². The molecule has 0 bridgehead atoms. The zero-order valence-electron chi connectivity index (χ0n) is 12.9. The van der Waals surface area contributed by atoms with Gasteiger partial charge in [0.2, 0.25) is 0 Å². The molecule has 20 heavy (non-hydrogen) atoms. The maximum atomic E-state index is 11.9. The van der Waals surface area contributed by atoms with Crippen LogP contribution in [0.3, 0.4) is 0 Å². The summed E-state index contributed by atoms with van der Waals surface area (Å²) in [5, 5.41) is 5.84. The zero-order valence-corrected chi connectivity index (χ0v) is 12.9. The number of rotatable bonds is 6. The van der Waals surface area contributed by atoms with E-state index in [0.717, 1.165) is 24.1 Å². The number of benzene rings is 1. The van der Waals surface area contributed by atoms with Crippen LogP contribution in [0.15, 0.2) is 24.3 Å². The predicted octanol–water partition coefficient (Wildman–Crippen LogP) is 3.65. The lowest BCUT2D eigenvalue weighted by Gasteiger charge is -2.22. The number of nitrogens with one attached hydrogen (secondary N) is 2. The Morgan fingerprint density at radius 3 is 2.15 bits per heavy atom. The van der Waals surface area contributed by atoms with E-state index in [1.807, 2.05) is 31.2 Å². The molecule has 0 saturated heterocycles. The van der Waals surface area contributed by atoms with Crippen LogP contribution in [-0.4, -0.2) is 12.1 Å². The summed E-state index contributed by atoms with van der Waals surface area (Å²) in [7, 11) is 0. The molecule has 4 nitrogen and oxygen atoms in total. The van der Waals surface area contributed by atoms with Gasteiger partial charge < -0.3 is 16.4 Å². The molecule has 0 saturated carbocycles. The van der Waals surface area contributed by atoms with Crippen LogP contribution in [0.5, 0.6) is 0 Å². The van der Waals surface area contributed by atoms with Gasteiger partial charge in [-0.1, -0.05) is 38.8 Å². The number of carbonyl (C=O) groups is 1. The fourth-order valence-corrected chi connectivity index (χ4v) is 2.36. The van der Waals surface area contributed by atoms with Crippen LogP contribution in [0.25, 0.3) is 0 Å². The average molecular weight is 277 g/mol. The minimum Gasteiger partial charge on any atom is -0.335 e. The summed E-state index contributed by atoms with van der Waals surface area (Å²) in [5.41, 5.74) is 7.63. The summed E-state index contributed by atoms with van der Waals surface area (Å²) < 4.78 is 0. The Kier molecular flexibility index (Phi) is 6.52. The normalized spacial score (nSPS) is 13.9. The minimum atomic E-state index is -0.155. The molecule has 2 unspecified atom stereocenters. The van der Waals surface area contributed by atoms with E-state index in [9.17, 15) is 4.79 Å². The van der Waals surface area contributed by atoms with Gasteiger partial charge in [-0.25, -0.2) is 4.79 Å². The van der Waals surface area contributed by atoms with Crippen LogP contribution < -0.4 is 16.4 Å². The Morgan fingerprint density at radius 2 is 1.70 bits per heavy atom. The van der Waals surface area contributed by atoms with Crippen molar-refractivity contribution in [2.75, 3.05) is 5.32 Å². The summed E-state index contributed by atoms with van der Waals surface area (Å²) >= 11 is 0. The topological polar surface area (TPSA) is 67.2 Å². The Hall–Kier alpha value is -1.55. The zero-order chi connectivity index (χ0) is 15.1. The number of urea groups is 1. The molecule has 0 aromatic heterocycles. The molecule has 112 valence electrons. The highest BCUT2D eigenvalue weighted by Gasteiger charge is 2.15. The third-order valence-electron chi connectivity index (χ3n) is 3.81. The fourth-order valence-electron chi connectivity index (χ4n) is 2.36. The molecule has 0 aliphatic heterocycles. The highest BCUT2D eigenvalue weighted by atomic mass is 16.2. The Balaban J connectivity index is 2.53. The lowest BCUT2D eigenvalue weighted by Crippen LogP contribution is -2.40. The van der Waals surface area contributed by atoms with Gasteiger partial charge >= 0.3 is 6.03 Å². The highest BCUT2D eigenvalue weighted by molar-refractivity contribution is 5.89. The van der Waals surface area contributed by atoms with E-state index in [0.29, 0.717) is 5.92 Å². The molecule has 2 amide bonds. The van der Waals surface area contributed by atoms with Crippen molar-refractivity contribution in [3.8, 4) is 0 Å². The standard InChI is InChI=1S/C16H27N3O/c1-5-13(6-2)12(4)18-16(20)19-15-9-7-14(8-10-15)11(3)17/h7-13H,5-6,17H2,1-4H3,(H2,18,19,20). The van der Waals surface area contributed by atoms with Gasteiger partial charge in [-0.15, -0.1) is 0 Å². The first kappa shape index (κ1) is 16.5. The third kappa shape index (κ3) is 4.85. The van der Waals surface area contributed by atoms with Crippen LogP contribution >= 0.6 is 0 Å². The van der Waals surface area contributed by atoms with Gasteiger partial charge in [0.15, 0.2) is 0 Å². The quantitative estimate of drug-likeness (QED) is 0.743. The molecule has 0 fully saturated rings. The smallest absolute Gasteiger partial charge is 0.319 e. The SMILES string of the molecule is CCC(CC)C(C)NC(=O)Nc1ccc(C(C)N)cc1. The van der Waals surface area contributed by atoms with Gasteiger partial charge in [0.25, 0.3) is 0 Å². The van der Waals surface area contributed by atoms with E-state index in [4.69, 9.17) is 5.73 Å². The van der Waals surface area contributed by atoms with Gasteiger partial charge in [-0.2, -0.15) is 0 Å². The molecule has 0 spiro atoms. The van der Waals surface area contributed by atoms with Crippen molar-refractivity contribution in [1.82, 2.24) is 5.32 Å². The predicted molar refractivity (Wildman–Crippen MR) is 84.7 cm³/mol. The molecule has 4 N–H and O–H groups in total. The van der Waals surface area contributed by atoms with Crippen molar-refractivity contribution in [3.63, 3.8) is 0 Å². The average Bonchev–Trinajstić information content (AvgIpc) is 2.40. The van der Waals surface area contributed by atoms with Crippen LogP contribution in [0, 0.1) is 5.92 Å². The minimum absolute atomic E-state index is 0.00719. The van der Waals surface area contributed by atoms with Crippen molar-refractivity contribution < 1.29 is 4.79 Å². The summed E-state index contributed by atoms with van der Waals surface area (Å²) in [6.07, 6.45) is 2.14. The molecular formula is C16H27N3O. The van der Waals surface area contributed by atoms with E-state index < -0.39 is 0 Å². The summed E-state index contributed by atoms with van der Waals surface area (Å²) in [6.45, 7) is 8.29. The second-order valence-electron chi connectivity index (χ2n) is 5.37. The van der Waals surface area contributed by atoms with Crippen molar-refractivity contribution in [2.45, 2.75) is 52.6 Å². The maximum absolute atomic E-state index is 11.9. The fraction of sp³-hybridized carbons (Fsp3) is 0.562. The van der Waals surface area contributed by atoms with Crippen LogP contribution in [0.1, 0.15) is 52.1 Å². The highest BCUT2D eigenvalue weighted by Crippen LogP contribution is 2.15. The van der Waals surface area contributed by atoms with Crippen molar-refractivity contribution >= 4 is 11.7 Å². The van der Waals surface area contributed by atoms with Crippen molar-refractivity contribution in [1.29, 1.82) is 0 Å². The monoisotopic (exact) mass is 277 g/mol. The second kappa shape index (κ2) is 7.90. The van der Waals surface area contributed by atoms with Crippen LogP contribution in [0.2, 0.25) is 0 Å². The Morgan fingerprint density at radius 1 is 1.15 bits per heavy atom. The first-order chi connectivity index (χ1) is 9.47. The molecule has 1 rings (SSSR count). The summed E-state index contributed by atoms with van der Waals surface area (Å²) in [5.74, 6) is 0.515. The molecular weight excluding hydrogens is 250 g/mol. The second-order valence-corrected chi connectivity index (χ2v) is 5.37. The van der Waals surface area contributed by atoms with Crippen molar-refractivity contribution in [3.05, 3.63) is 29.8 Å². The van der Waals surface area contributed by atoms with Gasteiger partial charge in [0.05, 0.1) is 0 Å².